The molecule has 3 heteroatoms. The molecular formula is C13H21N3. The highest BCUT2D eigenvalue weighted by atomic mass is 15.2. The van der Waals surface area contributed by atoms with Gasteiger partial charge in [-0.05, 0) is 50.7 Å². The number of nitrogen functional groups attached to an aromatic ring is 1. The van der Waals surface area contributed by atoms with Gasteiger partial charge in [-0.1, -0.05) is 6.42 Å². The molecule has 1 heterocycles. The van der Waals surface area contributed by atoms with E-state index in [2.05, 4.69) is 17.3 Å². The minimum absolute atomic E-state index is 0.673. The molecular weight excluding hydrogens is 198 g/mol. The number of likely N-dealkylation sites (N-methyl/N-ethyl adjacent to an activating group) is 1. The largest absolute Gasteiger partial charge is 0.399 e. The minimum Gasteiger partial charge on any atom is -0.399 e. The number of hydrogen-bond donors (Lipinski definition) is 2. The molecule has 0 radical (unpaired) electrons. The maximum Gasteiger partial charge on any atom is 0.0342 e. The van der Waals surface area contributed by atoms with Crippen LogP contribution in [0.1, 0.15) is 19.3 Å². The zero-order chi connectivity index (χ0) is 11.4. The standard InChI is InChI=1S/C13H21N3/c1-16-9-3-2-4-13(16)10-15-12-7-5-11(14)6-8-12/h5-8,13,15H,2-4,9-10,14H2,1H3. The first kappa shape index (κ1) is 11.3. The van der Waals surface area contributed by atoms with E-state index in [9.17, 15) is 0 Å². The number of likely N-dealkylation sites (tertiary alicyclic amines) is 1. The summed E-state index contributed by atoms with van der Waals surface area (Å²) in [5.74, 6) is 0. The highest BCUT2D eigenvalue weighted by molar-refractivity contribution is 5.51. The maximum atomic E-state index is 5.65. The Kier molecular flexibility index (Phi) is 3.67. The second kappa shape index (κ2) is 5.21. The van der Waals surface area contributed by atoms with Crippen molar-refractivity contribution in [2.24, 2.45) is 0 Å². The Morgan fingerprint density at radius 2 is 2.06 bits per heavy atom. The van der Waals surface area contributed by atoms with E-state index in [-0.39, 0.29) is 0 Å². The van der Waals surface area contributed by atoms with Crippen LogP contribution in [0, 0.1) is 0 Å². The van der Waals surface area contributed by atoms with E-state index >= 15 is 0 Å². The van der Waals surface area contributed by atoms with Crippen molar-refractivity contribution in [3.05, 3.63) is 24.3 Å². The van der Waals surface area contributed by atoms with E-state index < -0.39 is 0 Å². The van der Waals surface area contributed by atoms with Crippen molar-refractivity contribution < 1.29 is 0 Å². The molecule has 0 amide bonds. The molecule has 16 heavy (non-hydrogen) atoms. The summed E-state index contributed by atoms with van der Waals surface area (Å²) in [6.07, 6.45) is 4.01. The predicted molar refractivity (Wildman–Crippen MR) is 69.6 cm³/mol. The normalized spacial score (nSPS) is 21.9. The van der Waals surface area contributed by atoms with Crippen LogP contribution in [-0.4, -0.2) is 31.1 Å². The second-order valence-electron chi connectivity index (χ2n) is 4.63. The van der Waals surface area contributed by atoms with E-state index in [0.29, 0.717) is 6.04 Å². The highest BCUT2D eigenvalue weighted by Gasteiger charge is 2.17. The summed E-state index contributed by atoms with van der Waals surface area (Å²) in [6.45, 7) is 2.26. The fraction of sp³-hybridized carbons (Fsp3) is 0.538. The van der Waals surface area contributed by atoms with Gasteiger partial charge in [-0.2, -0.15) is 0 Å². The predicted octanol–water partition coefficient (Wildman–Crippen LogP) is 2.17. The van der Waals surface area contributed by atoms with Crippen LogP contribution < -0.4 is 11.1 Å². The van der Waals surface area contributed by atoms with Gasteiger partial charge >= 0.3 is 0 Å². The Balaban J connectivity index is 1.84. The lowest BCUT2D eigenvalue weighted by Gasteiger charge is -2.32. The van der Waals surface area contributed by atoms with Gasteiger partial charge in [-0.15, -0.1) is 0 Å². The average Bonchev–Trinajstić information content (AvgIpc) is 2.30. The minimum atomic E-state index is 0.673. The Morgan fingerprint density at radius 1 is 1.31 bits per heavy atom. The lowest BCUT2D eigenvalue weighted by molar-refractivity contribution is 0.194. The number of nitrogens with two attached hydrogens (primary N) is 1. The van der Waals surface area contributed by atoms with Gasteiger partial charge in [-0.3, -0.25) is 0 Å². The van der Waals surface area contributed by atoms with Gasteiger partial charge in [-0.25, -0.2) is 0 Å². The number of rotatable bonds is 3. The van der Waals surface area contributed by atoms with Crippen LogP contribution in [-0.2, 0) is 0 Å². The molecule has 1 saturated heterocycles. The number of benzene rings is 1. The molecule has 1 fully saturated rings. The zero-order valence-electron chi connectivity index (χ0n) is 9.95. The van der Waals surface area contributed by atoms with Crippen LogP contribution in [0.2, 0.25) is 0 Å². The number of nitrogens with one attached hydrogen (secondary N) is 1. The van der Waals surface area contributed by atoms with Gasteiger partial charge in [0.1, 0.15) is 0 Å². The molecule has 0 aromatic heterocycles. The van der Waals surface area contributed by atoms with Gasteiger partial charge in [0.15, 0.2) is 0 Å². The van der Waals surface area contributed by atoms with Crippen molar-refractivity contribution >= 4 is 11.4 Å². The summed E-state index contributed by atoms with van der Waals surface area (Å²) in [7, 11) is 2.22. The van der Waals surface area contributed by atoms with Crippen molar-refractivity contribution in [1.82, 2.24) is 4.90 Å². The summed E-state index contributed by atoms with van der Waals surface area (Å²) in [5.41, 5.74) is 7.63. The second-order valence-corrected chi connectivity index (χ2v) is 4.63. The van der Waals surface area contributed by atoms with E-state index in [4.69, 9.17) is 5.73 Å². The summed E-state index contributed by atoms with van der Waals surface area (Å²) in [5, 5.41) is 3.47. The molecule has 2 rings (SSSR count). The molecule has 1 unspecified atom stereocenters. The van der Waals surface area contributed by atoms with Gasteiger partial charge in [0, 0.05) is 24.0 Å². The first-order valence-electron chi connectivity index (χ1n) is 6.05. The lowest BCUT2D eigenvalue weighted by atomic mass is 10.0. The summed E-state index contributed by atoms with van der Waals surface area (Å²) >= 11 is 0. The smallest absolute Gasteiger partial charge is 0.0342 e. The quantitative estimate of drug-likeness (QED) is 0.765. The van der Waals surface area contributed by atoms with Gasteiger partial charge in [0.05, 0.1) is 0 Å². The number of nitrogens with zero attached hydrogens (tertiary/aromatic N) is 1. The maximum absolute atomic E-state index is 5.65. The van der Waals surface area contributed by atoms with Gasteiger partial charge in [0.2, 0.25) is 0 Å². The molecule has 0 spiro atoms. The van der Waals surface area contributed by atoms with Crippen LogP contribution in [0.3, 0.4) is 0 Å². The lowest BCUT2D eigenvalue weighted by Crippen LogP contribution is -2.40. The third-order valence-electron chi connectivity index (χ3n) is 3.37. The molecule has 1 aliphatic heterocycles. The van der Waals surface area contributed by atoms with E-state index in [1.165, 1.54) is 25.8 Å². The molecule has 0 aliphatic carbocycles. The van der Waals surface area contributed by atoms with Crippen LogP contribution in [0.25, 0.3) is 0 Å². The molecule has 88 valence electrons. The van der Waals surface area contributed by atoms with E-state index in [1.54, 1.807) is 0 Å². The zero-order valence-corrected chi connectivity index (χ0v) is 9.95. The van der Waals surface area contributed by atoms with Gasteiger partial charge in [0.25, 0.3) is 0 Å². The van der Waals surface area contributed by atoms with E-state index in [0.717, 1.165) is 17.9 Å². The van der Waals surface area contributed by atoms with Crippen LogP contribution in [0.5, 0.6) is 0 Å². The molecule has 1 atom stereocenters. The molecule has 3 nitrogen and oxygen atoms in total. The molecule has 0 bridgehead atoms. The Hall–Kier alpha value is -1.22. The Bertz CT molecular complexity index is 320. The van der Waals surface area contributed by atoms with Crippen molar-refractivity contribution in [1.29, 1.82) is 0 Å². The summed E-state index contributed by atoms with van der Waals surface area (Å²) < 4.78 is 0. The Morgan fingerprint density at radius 3 is 2.75 bits per heavy atom. The SMILES string of the molecule is CN1CCCCC1CNc1ccc(N)cc1. The summed E-state index contributed by atoms with van der Waals surface area (Å²) in [4.78, 5) is 2.45. The van der Waals surface area contributed by atoms with Crippen molar-refractivity contribution in [3.8, 4) is 0 Å². The third kappa shape index (κ3) is 2.89. The van der Waals surface area contributed by atoms with Crippen LogP contribution in [0.15, 0.2) is 24.3 Å². The molecule has 3 N–H and O–H groups in total. The fourth-order valence-electron chi connectivity index (χ4n) is 2.24. The van der Waals surface area contributed by atoms with Crippen molar-refractivity contribution in [3.63, 3.8) is 0 Å². The average molecular weight is 219 g/mol. The van der Waals surface area contributed by atoms with Crippen molar-refractivity contribution in [2.45, 2.75) is 25.3 Å². The molecule has 0 saturated carbocycles. The number of anilines is 2. The molecule has 1 aromatic rings. The third-order valence-corrected chi connectivity index (χ3v) is 3.37. The highest BCUT2D eigenvalue weighted by Crippen LogP contribution is 2.16. The first-order chi connectivity index (χ1) is 7.75. The number of piperidine rings is 1. The summed E-state index contributed by atoms with van der Waals surface area (Å²) in [6, 6.07) is 8.63. The topological polar surface area (TPSA) is 41.3 Å². The van der Waals surface area contributed by atoms with Crippen LogP contribution in [0.4, 0.5) is 11.4 Å². The monoisotopic (exact) mass is 219 g/mol. The van der Waals surface area contributed by atoms with E-state index in [1.807, 2.05) is 24.3 Å². The molecule has 1 aromatic carbocycles. The van der Waals surface area contributed by atoms with Crippen molar-refractivity contribution in [2.75, 3.05) is 31.2 Å². The van der Waals surface area contributed by atoms with Crippen LogP contribution >= 0.6 is 0 Å². The number of hydrogen-bond acceptors (Lipinski definition) is 3. The molecule has 1 aliphatic rings. The first-order valence-corrected chi connectivity index (χ1v) is 6.05. The fourth-order valence-corrected chi connectivity index (χ4v) is 2.24. The van der Waals surface area contributed by atoms with Gasteiger partial charge < -0.3 is 16.0 Å². The Labute approximate surface area is 97.6 Å².